The maximum absolute atomic E-state index is 14.4. The Balaban J connectivity index is 1.31. The Hall–Kier alpha value is -4.35. The van der Waals surface area contributed by atoms with Crippen molar-refractivity contribution in [3.63, 3.8) is 0 Å². The summed E-state index contributed by atoms with van der Waals surface area (Å²) in [5.41, 5.74) is 3.90. The van der Waals surface area contributed by atoms with Crippen molar-refractivity contribution in [3.8, 4) is 22.5 Å². The lowest BCUT2D eigenvalue weighted by Crippen LogP contribution is -2.45. The summed E-state index contributed by atoms with van der Waals surface area (Å²) in [6, 6.07) is 15.8. The molecule has 0 saturated heterocycles. The minimum Gasteiger partial charge on any atom is -0.388 e. The standard InChI is InChI=1S/C35H42N6O5/c1-6-9-29-28(20-23-12-14-24(15-13-23)26-10-7-8-11-27(26)30-38-33(43)46-39-30)31(42)40(32-36-21-37-41(29)32)25-16-18-35(5,19-17-25)45-22(2)34(3,4)44/h7-8,10-15,21-22,25,44H,6,9,16-20H2,1-5H3,(H,38,39,43). The van der Waals surface area contributed by atoms with Crippen molar-refractivity contribution >= 4 is 5.78 Å². The molecule has 0 amide bonds. The third kappa shape index (κ3) is 6.21. The maximum atomic E-state index is 14.4. The van der Waals surface area contributed by atoms with Gasteiger partial charge in [0.25, 0.3) is 5.56 Å². The van der Waals surface area contributed by atoms with Gasteiger partial charge in [0.15, 0.2) is 5.82 Å². The molecule has 1 aliphatic carbocycles. The van der Waals surface area contributed by atoms with Gasteiger partial charge >= 0.3 is 5.76 Å². The Morgan fingerprint density at radius 1 is 1.11 bits per heavy atom. The summed E-state index contributed by atoms with van der Waals surface area (Å²) in [5, 5.41) is 18.9. The van der Waals surface area contributed by atoms with Crippen molar-refractivity contribution in [1.29, 1.82) is 0 Å². The number of aryl methyl sites for hydroxylation is 1. The number of hydrogen-bond donors (Lipinski definition) is 2. The van der Waals surface area contributed by atoms with Crippen molar-refractivity contribution in [3.05, 3.63) is 92.6 Å². The van der Waals surface area contributed by atoms with Gasteiger partial charge in [-0.05, 0) is 76.5 Å². The molecule has 0 radical (unpaired) electrons. The minimum absolute atomic E-state index is 0.0206. The molecule has 3 aromatic heterocycles. The van der Waals surface area contributed by atoms with Crippen LogP contribution >= 0.6 is 0 Å². The van der Waals surface area contributed by atoms with Gasteiger partial charge in [0.05, 0.1) is 23.0 Å². The first-order chi connectivity index (χ1) is 22.0. The summed E-state index contributed by atoms with van der Waals surface area (Å²) in [4.78, 5) is 33.2. The van der Waals surface area contributed by atoms with Crippen LogP contribution in [-0.2, 0) is 17.6 Å². The monoisotopic (exact) mass is 626 g/mol. The van der Waals surface area contributed by atoms with Gasteiger partial charge in [0.1, 0.15) is 6.33 Å². The lowest BCUT2D eigenvalue weighted by Gasteiger charge is -2.42. The molecule has 1 fully saturated rings. The van der Waals surface area contributed by atoms with E-state index in [9.17, 15) is 14.7 Å². The van der Waals surface area contributed by atoms with E-state index < -0.39 is 11.4 Å². The third-order valence-corrected chi connectivity index (χ3v) is 9.42. The van der Waals surface area contributed by atoms with Gasteiger partial charge in [0, 0.05) is 23.6 Å². The molecule has 1 atom stereocenters. The normalized spacial score (nSPS) is 19.5. The molecular weight excluding hydrogens is 584 g/mol. The molecule has 6 rings (SSSR count). The summed E-state index contributed by atoms with van der Waals surface area (Å²) in [6.07, 6.45) is 6.30. The Morgan fingerprint density at radius 2 is 1.80 bits per heavy atom. The number of hydrogen-bond acceptors (Lipinski definition) is 8. The van der Waals surface area contributed by atoms with Crippen LogP contribution in [0.5, 0.6) is 0 Å². The molecule has 3 heterocycles. The van der Waals surface area contributed by atoms with E-state index in [0.717, 1.165) is 65.6 Å². The molecule has 1 unspecified atom stereocenters. The number of aliphatic hydroxyl groups is 1. The van der Waals surface area contributed by atoms with Crippen LogP contribution in [-0.4, -0.2) is 51.7 Å². The molecule has 0 bridgehead atoms. The number of ether oxygens (including phenoxy) is 1. The Kier molecular flexibility index (Phi) is 8.56. The fourth-order valence-corrected chi connectivity index (χ4v) is 6.53. The number of aromatic amines is 1. The average molecular weight is 627 g/mol. The first-order valence-electron chi connectivity index (χ1n) is 16.1. The van der Waals surface area contributed by atoms with E-state index in [1.165, 1.54) is 6.33 Å². The smallest absolute Gasteiger partial charge is 0.388 e. The topological polar surface area (TPSA) is 141 Å². The lowest BCUT2D eigenvalue weighted by molar-refractivity contribution is -0.163. The predicted octanol–water partition coefficient (Wildman–Crippen LogP) is 5.49. The zero-order chi connectivity index (χ0) is 32.6. The van der Waals surface area contributed by atoms with Gasteiger partial charge in [0.2, 0.25) is 5.78 Å². The zero-order valence-electron chi connectivity index (χ0n) is 27.1. The van der Waals surface area contributed by atoms with Crippen LogP contribution in [0.1, 0.15) is 89.6 Å². The summed E-state index contributed by atoms with van der Waals surface area (Å²) in [6.45, 7) is 9.64. The number of nitrogens with zero attached hydrogens (tertiary/aromatic N) is 5. The molecular formula is C35H42N6O5. The van der Waals surface area contributed by atoms with Crippen LogP contribution in [0, 0.1) is 0 Å². The third-order valence-electron chi connectivity index (χ3n) is 9.42. The van der Waals surface area contributed by atoms with Gasteiger partial charge in [-0.2, -0.15) is 10.1 Å². The summed E-state index contributed by atoms with van der Waals surface area (Å²) < 4.78 is 14.8. The van der Waals surface area contributed by atoms with Gasteiger partial charge in [-0.25, -0.2) is 9.31 Å². The van der Waals surface area contributed by atoms with E-state index in [0.29, 0.717) is 24.4 Å². The molecule has 1 aliphatic rings. The van der Waals surface area contributed by atoms with Gasteiger partial charge in [-0.3, -0.25) is 18.9 Å². The molecule has 5 aromatic rings. The van der Waals surface area contributed by atoms with Gasteiger partial charge in [-0.15, -0.1) is 0 Å². The number of fused-ring (bicyclic) bond motifs is 1. The predicted molar refractivity (Wildman–Crippen MR) is 175 cm³/mol. The lowest BCUT2D eigenvalue weighted by atomic mass is 9.82. The second-order valence-corrected chi connectivity index (χ2v) is 13.3. The van der Waals surface area contributed by atoms with Crippen molar-refractivity contribution in [1.82, 2.24) is 29.3 Å². The van der Waals surface area contributed by atoms with Crippen LogP contribution in [0.25, 0.3) is 28.3 Å². The fraction of sp³-hybridized carbons (Fsp3) is 0.457. The minimum atomic E-state index is -0.937. The second-order valence-electron chi connectivity index (χ2n) is 13.3. The maximum Gasteiger partial charge on any atom is 0.439 e. The van der Waals surface area contributed by atoms with E-state index in [1.807, 2.05) is 64.5 Å². The van der Waals surface area contributed by atoms with Crippen LogP contribution in [0.4, 0.5) is 0 Å². The van der Waals surface area contributed by atoms with E-state index in [-0.39, 0.29) is 23.3 Å². The molecule has 2 N–H and O–H groups in total. The quantitative estimate of drug-likeness (QED) is 0.207. The highest BCUT2D eigenvalue weighted by Crippen LogP contribution is 2.39. The number of aromatic nitrogens is 6. The highest BCUT2D eigenvalue weighted by molar-refractivity contribution is 5.80. The number of H-pyrrole nitrogens is 1. The number of benzene rings is 2. The Labute approximate surface area is 267 Å². The molecule has 242 valence electrons. The van der Waals surface area contributed by atoms with E-state index in [4.69, 9.17) is 9.26 Å². The van der Waals surface area contributed by atoms with Gasteiger partial charge in [-0.1, -0.05) is 67.0 Å². The number of nitrogens with one attached hydrogen (secondary N) is 1. The molecule has 0 spiro atoms. The molecule has 11 nitrogen and oxygen atoms in total. The molecule has 11 heteroatoms. The van der Waals surface area contributed by atoms with Crippen molar-refractivity contribution < 1.29 is 14.4 Å². The molecule has 0 aliphatic heterocycles. The Bertz CT molecular complexity index is 1940. The highest BCUT2D eigenvalue weighted by atomic mass is 16.5. The highest BCUT2D eigenvalue weighted by Gasteiger charge is 2.38. The van der Waals surface area contributed by atoms with Crippen molar-refractivity contribution in [2.75, 3.05) is 0 Å². The second kappa shape index (κ2) is 12.4. The summed E-state index contributed by atoms with van der Waals surface area (Å²) in [5.74, 6) is 0.347. The first-order valence-corrected chi connectivity index (χ1v) is 16.1. The zero-order valence-corrected chi connectivity index (χ0v) is 27.1. The van der Waals surface area contributed by atoms with Crippen LogP contribution < -0.4 is 11.3 Å². The van der Waals surface area contributed by atoms with Crippen molar-refractivity contribution in [2.45, 2.75) is 103 Å². The SMILES string of the molecule is CCCc1c(Cc2ccc(-c3ccccc3-c3noc(=O)[nH]3)cc2)c(=O)n(C2CCC(C)(OC(C)C(C)(C)O)CC2)c2ncnn12. The van der Waals surface area contributed by atoms with Gasteiger partial charge < -0.3 is 9.84 Å². The van der Waals surface area contributed by atoms with Crippen molar-refractivity contribution in [2.24, 2.45) is 0 Å². The fourth-order valence-electron chi connectivity index (χ4n) is 6.53. The Morgan fingerprint density at radius 3 is 2.43 bits per heavy atom. The molecule has 2 aromatic carbocycles. The number of rotatable bonds is 10. The largest absolute Gasteiger partial charge is 0.439 e. The molecule has 46 heavy (non-hydrogen) atoms. The summed E-state index contributed by atoms with van der Waals surface area (Å²) >= 11 is 0. The summed E-state index contributed by atoms with van der Waals surface area (Å²) in [7, 11) is 0. The first kappa shape index (κ1) is 31.6. The van der Waals surface area contributed by atoms with E-state index in [1.54, 1.807) is 13.8 Å². The van der Waals surface area contributed by atoms with E-state index in [2.05, 4.69) is 34.1 Å². The van der Waals surface area contributed by atoms with Crippen LogP contribution in [0.15, 0.2) is 69.0 Å². The average Bonchev–Trinajstić information content (AvgIpc) is 3.69. The van der Waals surface area contributed by atoms with Crippen LogP contribution in [0.3, 0.4) is 0 Å². The van der Waals surface area contributed by atoms with E-state index >= 15 is 0 Å². The van der Waals surface area contributed by atoms with Crippen LogP contribution in [0.2, 0.25) is 0 Å². The molecule has 1 saturated carbocycles.